The number of hydrogen-bond donors (Lipinski definition) is 0. The molecule has 0 aliphatic carbocycles. The SMILES string of the molecule is CCc1cc2c(N3CCN(C(=O)c4cccnc4)CC3)ncnc2s1. The molecule has 0 spiro atoms. The Hall–Kier alpha value is -2.54. The number of piperazine rings is 1. The summed E-state index contributed by atoms with van der Waals surface area (Å²) in [7, 11) is 0. The summed E-state index contributed by atoms with van der Waals surface area (Å²) in [4.78, 5) is 32.0. The molecule has 1 amide bonds. The van der Waals surface area contributed by atoms with Gasteiger partial charge in [-0.3, -0.25) is 9.78 Å². The van der Waals surface area contributed by atoms with E-state index in [1.807, 2.05) is 11.0 Å². The molecule has 4 heterocycles. The zero-order valence-corrected chi connectivity index (χ0v) is 14.9. The standard InChI is InChI=1S/C18H19N5OS/c1-2-14-10-15-16(20-12-21-17(15)25-14)22-6-8-23(9-7-22)18(24)13-4-3-5-19-11-13/h3-5,10-12H,2,6-9H2,1H3. The lowest BCUT2D eigenvalue weighted by Crippen LogP contribution is -2.49. The van der Waals surface area contributed by atoms with E-state index >= 15 is 0 Å². The van der Waals surface area contributed by atoms with Gasteiger partial charge in [-0.15, -0.1) is 11.3 Å². The van der Waals surface area contributed by atoms with Gasteiger partial charge in [-0.25, -0.2) is 9.97 Å². The first-order valence-electron chi connectivity index (χ1n) is 8.44. The molecule has 1 aliphatic heterocycles. The summed E-state index contributed by atoms with van der Waals surface area (Å²) in [5, 5.41) is 1.12. The molecule has 0 N–H and O–H groups in total. The average Bonchev–Trinajstić information content (AvgIpc) is 3.12. The number of nitrogens with zero attached hydrogens (tertiary/aromatic N) is 5. The average molecular weight is 353 g/mol. The van der Waals surface area contributed by atoms with E-state index in [9.17, 15) is 4.79 Å². The molecule has 0 saturated carbocycles. The van der Waals surface area contributed by atoms with E-state index in [0.717, 1.165) is 35.5 Å². The molecule has 0 unspecified atom stereocenters. The molecule has 128 valence electrons. The number of aromatic nitrogens is 3. The van der Waals surface area contributed by atoms with Gasteiger partial charge in [-0.1, -0.05) is 6.92 Å². The van der Waals surface area contributed by atoms with Gasteiger partial charge in [0.15, 0.2) is 0 Å². The summed E-state index contributed by atoms with van der Waals surface area (Å²) in [5.74, 6) is 1.03. The topological polar surface area (TPSA) is 62.2 Å². The number of fused-ring (bicyclic) bond motifs is 1. The molecule has 1 fully saturated rings. The molecule has 6 nitrogen and oxygen atoms in total. The molecule has 0 bridgehead atoms. The number of carbonyl (C=O) groups is 1. The third kappa shape index (κ3) is 3.07. The Morgan fingerprint density at radius 2 is 2.08 bits per heavy atom. The first-order valence-corrected chi connectivity index (χ1v) is 9.25. The highest BCUT2D eigenvalue weighted by Crippen LogP contribution is 2.31. The van der Waals surface area contributed by atoms with Gasteiger partial charge in [0.05, 0.1) is 10.9 Å². The summed E-state index contributed by atoms with van der Waals surface area (Å²) < 4.78 is 0. The van der Waals surface area contributed by atoms with Crippen LogP contribution in [0.2, 0.25) is 0 Å². The minimum absolute atomic E-state index is 0.0457. The van der Waals surface area contributed by atoms with Gasteiger partial charge in [0, 0.05) is 43.4 Å². The highest BCUT2D eigenvalue weighted by Gasteiger charge is 2.24. The van der Waals surface area contributed by atoms with Crippen LogP contribution in [0.25, 0.3) is 10.2 Å². The highest BCUT2D eigenvalue weighted by atomic mass is 32.1. The molecular weight excluding hydrogens is 334 g/mol. The maximum atomic E-state index is 12.5. The van der Waals surface area contributed by atoms with Crippen LogP contribution in [0.5, 0.6) is 0 Å². The Kier molecular flexibility index (Phi) is 4.31. The molecule has 4 rings (SSSR count). The maximum absolute atomic E-state index is 12.5. The van der Waals surface area contributed by atoms with Crippen molar-refractivity contribution in [3.8, 4) is 0 Å². The van der Waals surface area contributed by atoms with Crippen LogP contribution in [0.4, 0.5) is 5.82 Å². The molecule has 1 aliphatic rings. The predicted molar refractivity (Wildman–Crippen MR) is 99.1 cm³/mol. The van der Waals surface area contributed by atoms with Crippen molar-refractivity contribution in [2.45, 2.75) is 13.3 Å². The zero-order valence-electron chi connectivity index (χ0n) is 14.1. The number of carbonyl (C=O) groups excluding carboxylic acids is 1. The molecule has 0 radical (unpaired) electrons. The Labute approximate surface area is 150 Å². The molecule has 1 saturated heterocycles. The Morgan fingerprint density at radius 3 is 2.80 bits per heavy atom. The van der Waals surface area contributed by atoms with Crippen LogP contribution in [-0.2, 0) is 6.42 Å². The van der Waals surface area contributed by atoms with Gasteiger partial charge in [-0.2, -0.15) is 0 Å². The zero-order chi connectivity index (χ0) is 17.2. The summed E-state index contributed by atoms with van der Waals surface area (Å²) in [6.45, 7) is 5.07. The van der Waals surface area contributed by atoms with Crippen LogP contribution in [0.3, 0.4) is 0 Å². The molecule has 7 heteroatoms. The third-order valence-electron chi connectivity index (χ3n) is 4.48. The van der Waals surface area contributed by atoms with Crippen molar-refractivity contribution in [2.75, 3.05) is 31.1 Å². The van der Waals surface area contributed by atoms with Crippen molar-refractivity contribution in [1.29, 1.82) is 0 Å². The second-order valence-electron chi connectivity index (χ2n) is 6.00. The van der Waals surface area contributed by atoms with Crippen molar-refractivity contribution in [3.63, 3.8) is 0 Å². The number of pyridine rings is 1. The molecule has 0 aromatic carbocycles. The third-order valence-corrected chi connectivity index (χ3v) is 5.67. The first-order chi connectivity index (χ1) is 12.3. The van der Waals surface area contributed by atoms with Crippen molar-refractivity contribution in [1.82, 2.24) is 19.9 Å². The summed E-state index contributed by atoms with van der Waals surface area (Å²) in [5.41, 5.74) is 0.644. The van der Waals surface area contributed by atoms with Crippen molar-refractivity contribution >= 4 is 33.3 Å². The Bertz CT molecular complexity index is 887. The smallest absolute Gasteiger partial charge is 0.255 e. The van der Waals surface area contributed by atoms with Gasteiger partial charge in [-0.05, 0) is 24.6 Å². The fraction of sp³-hybridized carbons (Fsp3) is 0.333. The number of rotatable bonds is 3. The predicted octanol–water partition coefficient (Wildman–Crippen LogP) is 2.61. The second kappa shape index (κ2) is 6.76. The first kappa shape index (κ1) is 16.0. The number of thiophene rings is 1. The second-order valence-corrected chi connectivity index (χ2v) is 7.12. The molecular formula is C18H19N5OS. The van der Waals surface area contributed by atoms with Crippen LogP contribution < -0.4 is 4.90 Å². The summed E-state index contributed by atoms with van der Waals surface area (Å²) >= 11 is 1.73. The minimum atomic E-state index is 0.0457. The Morgan fingerprint density at radius 1 is 1.24 bits per heavy atom. The Balaban J connectivity index is 1.51. The summed E-state index contributed by atoms with van der Waals surface area (Å²) in [6.07, 6.45) is 5.95. The number of aryl methyl sites for hydroxylation is 1. The minimum Gasteiger partial charge on any atom is -0.352 e. The van der Waals surface area contributed by atoms with E-state index < -0.39 is 0 Å². The van der Waals surface area contributed by atoms with E-state index in [2.05, 4.69) is 32.8 Å². The lowest BCUT2D eigenvalue weighted by molar-refractivity contribution is 0.0746. The molecule has 0 atom stereocenters. The van der Waals surface area contributed by atoms with Crippen molar-refractivity contribution < 1.29 is 4.79 Å². The van der Waals surface area contributed by atoms with E-state index in [0.29, 0.717) is 18.7 Å². The van der Waals surface area contributed by atoms with Crippen molar-refractivity contribution in [2.24, 2.45) is 0 Å². The lowest BCUT2D eigenvalue weighted by atomic mass is 10.2. The normalized spacial score (nSPS) is 14.9. The quantitative estimate of drug-likeness (QED) is 0.724. The van der Waals surface area contributed by atoms with Crippen molar-refractivity contribution in [3.05, 3.63) is 47.4 Å². The fourth-order valence-electron chi connectivity index (χ4n) is 3.11. The van der Waals surface area contributed by atoms with Gasteiger partial charge < -0.3 is 9.80 Å². The van der Waals surface area contributed by atoms with E-state index in [-0.39, 0.29) is 5.91 Å². The largest absolute Gasteiger partial charge is 0.352 e. The van der Waals surface area contributed by atoms with E-state index in [1.54, 1.807) is 36.1 Å². The summed E-state index contributed by atoms with van der Waals surface area (Å²) in [6, 6.07) is 5.80. The van der Waals surface area contributed by atoms with E-state index in [1.165, 1.54) is 4.88 Å². The van der Waals surface area contributed by atoms with Crippen LogP contribution in [0.15, 0.2) is 36.9 Å². The molecule has 3 aromatic heterocycles. The van der Waals surface area contributed by atoms with Crippen LogP contribution in [0, 0.1) is 0 Å². The van der Waals surface area contributed by atoms with Gasteiger partial charge in [0.25, 0.3) is 5.91 Å². The number of amides is 1. The van der Waals surface area contributed by atoms with Gasteiger partial charge in [0.2, 0.25) is 0 Å². The fourth-order valence-corrected chi connectivity index (χ4v) is 4.04. The van der Waals surface area contributed by atoms with Gasteiger partial charge >= 0.3 is 0 Å². The number of hydrogen-bond acceptors (Lipinski definition) is 6. The monoisotopic (exact) mass is 353 g/mol. The molecule has 25 heavy (non-hydrogen) atoms. The number of anilines is 1. The maximum Gasteiger partial charge on any atom is 0.255 e. The van der Waals surface area contributed by atoms with E-state index in [4.69, 9.17) is 0 Å². The van der Waals surface area contributed by atoms with Crippen LogP contribution in [-0.4, -0.2) is 51.9 Å². The highest BCUT2D eigenvalue weighted by molar-refractivity contribution is 7.18. The van der Waals surface area contributed by atoms with Crippen LogP contribution >= 0.6 is 11.3 Å². The van der Waals surface area contributed by atoms with Crippen LogP contribution in [0.1, 0.15) is 22.2 Å². The lowest BCUT2D eigenvalue weighted by Gasteiger charge is -2.35. The van der Waals surface area contributed by atoms with Gasteiger partial charge in [0.1, 0.15) is 17.0 Å². The molecule has 3 aromatic rings.